The summed E-state index contributed by atoms with van der Waals surface area (Å²) in [6.07, 6.45) is 3.95. The average Bonchev–Trinajstić information content (AvgIpc) is 3.12. The Balaban J connectivity index is 1.74. The Kier molecular flexibility index (Phi) is 2.85. The smallest absolute Gasteiger partial charge is 0.101 e. The van der Waals surface area contributed by atoms with Crippen LogP contribution in [0.5, 0.6) is 0 Å². The minimum atomic E-state index is 0.341. The zero-order valence-electron chi connectivity index (χ0n) is 10.2. The van der Waals surface area contributed by atoms with Crippen molar-refractivity contribution >= 4 is 11.4 Å². The van der Waals surface area contributed by atoms with E-state index in [1.165, 1.54) is 12.8 Å². The van der Waals surface area contributed by atoms with Gasteiger partial charge in [-0.1, -0.05) is 0 Å². The van der Waals surface area contributed by atoms with E-state index in [4.69, 9.17) is 15.7 Å². The van der Waals surface area contributed by atoms with Crippen LogP contribution in [0.4, 0.5) is 11.4 Å². The molecule has 1 aromatic carbocycles. The van der Waals surface area contributed by atoms with Crippen molar-refractivity contribution in [3.8, 4) is 6.07 Å². The number of benzene rings is 1. The van der Waals surface area contributed by atoms with E-state index >= 15 is 0 Å². The molecule has 0 amide bonds. The molecule has 4 nitrogen and oxygen atoms in total. The van der Waals surface area contributed by atoms with Crippen LogP contribution in [0.2, 0.25) is 0 Å². The Morgan fingerprint density at radius 2 is 2.17 bits per heavy atom. The van der Waals surface area contributed by atoms with Gasteiger partial charge in [-0.3, -0.25) is 0 Å². The highest BCUT2D eigenvalue weighted by Gasteiger charge is 2.40. The average molecular weight is 243 g/mol. The van der Waals surface area contributed by atoms with E-state index in [0.717, 1.165) is 24.6 Å². The number of nitrogens with one attached hydrogen (secondary N) is 1. The molecule has 0 spiro atoms. The molecule has 18 heavy (non-hydrogen) atoms. The van der Waals surface area contributed by atoms with Crippen molar-refractivity contribution < 1.29 is 4.74 Å². The molecule has 0 radical (unpaired) electrons. The van der Waals surface area contributed by atoms with Crippen LogP contribution >= 0.6 is 0 Å². The van der Waals surface area contributed by atoms with E-state index in [9.17, 15) is 0 Å². The molecule has 1 saturated heterocycles. The van der Waals surface area contributed by atoms with Gasteiger partial charge in [0.1, 0.15) is 6.07 Å². The lowest BCUT2D eigenvalue weighted by atomic mass is 10.1. The Hall–Kier alpha value is -1.73. The minimum absolute atomic E-state index is 0.341. The van der Waals surface area contributed by atoms with Gasteiger partial charge in [0.15, 0.2) is 0 Å². The van der Waals surface area contributed by atoms with E-state index < -0.39 is 0 Å². The number of hydrogen-bond acceptors (Lipinski definition) is 4. The zero-order chi connectivity index (χ0) is 12.5. The lowest BCUT2D eigenvalue weighted by Crippen LogP contribution is -2.30. The number of ether oxygens (including phenoxy) is 1. The SMILES string of the molecule is N#Cc1cc(NC2CCOC2C2CC2)ccc1N. The van der Waals surface area contributed by atoms with Crippen molar-refractivity contribution in [3.63, 3.8) is 0 Å². The summed E-state index contributed by atoms with van der Waals surface area (Å²) in [5.74, 6) is 0.731. The first kappa shape index (κ1) is 11.4. The van der Waals surface area contributed by atoms with Gasteiger partial charge < -0.3 is 15.8 Å². The van der Waals surface area contributed by atoms with Crippen LogP contribution in [-0.4, -0.2) is 18.8 Å². The van der Waals surface area contributed by atoms with Crippen LogP contribution in [-0.2, 0) is 4.74 Å². The molecule has 1 heterocycles. The summed E-state index contributed by atoms with van der Waals surface area (Å²) in [4.78, 5) is 0. The maximum absolute atomic E-state index is 8.97. The number of hydrogen-bond donors (Lipinski definition) is 2. The Morgan fingerprint density at radius 1 is 1.33 bits per heavy atom. The maximum atomic E-state index is 8.97. The summed E-state index contributed by atoms with van der Waals surface area (Å²) in [6, 6.07) is 8.01. The van der Waals surface area contributed by atoms with Crippen molar-refractivity contribution in [2.75, 3.05) is 17.7 Å². The molecule has 3 rings (SSSR count). The van der Waals surface area contributed by atoms with Crippen LogP contribution in [0.3, 0.4) is 0 Å². The monoisotopic (exact) mass is 243 g/mol. The number of nitrogen functional groups attached to an aromatic ring is 1. The molecule has 1 aliphatic heterocycles. The van der Waals surface area contributed by atoms with Crippen LogP contribution in [0.1, 0.15) is 24.8 Å². The van der Waals surface area contributed by atoms with Crippen LogP contribution in [0.15, 0.2) is 18.2 Å². The largest absolute Gasteiger partial charge is 0.398 e. The van der Waals surface area contributed by atoms with E-state index in [1.54, 1.807) is 6.07 Å². The van der Waals surface area contributed by atoms with Gasteiger partial charge in [-0.25, -0.2) is 0 Å². The normalized spacial score (nSPS) is 26.8. The second kappa shape index (κ2) is 4.51. The van der Waals surface area contributed by atoms with Gasteiger partial charge in [0.05, 0.1) is 17.7 Å². The van der Waals surface area contributed by atoms with E-state index in [-0.39, 0.29) is 0 Å². The third kappa shape index (κ3) is 2.14. The van der Waals surface area contributed by atoms with Crippen molar-refractivity contribution in [2.45, 2.75) is 31.4 Å². The zero-order valence-corrected chi connectivity index (χ0v) is 10.2. The minimum Gasteiger partial charge on any atom is -0.398 e. The Morgan fingerprint density at radius 3 is 2.89 bits per heavy atom. The summed E-state index contributed by atoms with van der Waals surface area (Å²) >= 11 is 0. The van der Waals surface area contributed by atoms with Gasteiger partial charge in [-0.05, 0) is 43.4 Å². The van der Waals surface area contributed by atoms with E-state index in [2.05, 4.69) is 11.4 Å². The molecular formula is C14H17N3O. The van der Waals surface area contributed by atoms with Gasteiger partial charge in [-0.2, -0.15) is 5.26 Å². The molecular weight excluding hydrogens is 226 g/mol. The third-order valence-corrected chi connectivity index (χ3v) is 3.75. The number of anilines is 2. The van der Waals surface area contributed by atoms with Gasteiger partial charge in [0, 0.05) is 18.0 Å². The Labute approximate surface area is 107 Å². The van der Waals surface area contributed by atoms with Crippen molar-refractivity contribution in [1.29, 1.82) is 5.26 Å². The van der Waals surface area contributed by atoms with Crippen molar-refractivity contribution in [2.24, 2.45) is 5.92 Å². The molecule has 2 fully saturated rings. The highest BCUT2D eigenvalue weighted by atomic mass is 16.5. The predicted octanol–water partition coefficient (Wildman–Crippen LogP) is 2.12. The summed E-state index contributed by atoms with van der Waals surface area (Å²) in [5, 5.41) is 12.5. The highest BCUT2D eigenvalue weighted by Crippen LogP contribution is 2.39. The molecule has 0 bridgehead atoms. The summed E-state index contributed by atoms with van der Waals surface area (Å²) in [7, 11) is 0. The molecule has 1 aliphatic carbocycles. The number of rotatable bonds is 3. The van der Waals surface area contributed by atoms with Gasteiger partial charge in [0.2, 0.25) is 0 Å². The standard InChI is InChI=1S/C14H17N3O/c15-8-10-7-11(3-4-12(10)16)17-13-5-6-18-14(13)9-1-2-9/h3-4,7,9,13-14,17H,1-2,5-6,16H2. The van der Waals surface area contributed by atoms with Crippen molar-refractivity contribution in [1.82, 2.24) is 0 Å². The first-order valence-corrected chi connectivity index (χ1v) is 6.45. The molecule has 4 heteroatoms. The van der Waals surface area contributed by atoms with Gasteiger partial charge >= 0.3 is 0 Å². The fourth-order valence-electron chi connectivity index (χ4n) is 2.61. The predicted molar refractivity (Wildman–Crippen MR) is 70.1 cm³/mol. The molecule has 3 N–H and O–H groups in total. The van der Waals surface area contributed by atoms with E-state index in [0.29, 0.717) is 23.4 Å². The number of nitriles is 1. The number of nitrogens with two attached hydrogens (primary N) is 1. The fraction of sp³-hybridized carbons (Fsp3) is 0.500. The molecule has 2 atom stereocenters. The summed E-state index contributed by atoms with van der Waals surface area (Å²) in [6.45, 7) is 0.832. The molecule has 1 aromatic rings. The maximum Gasteiger partial charge on any atom is 0.101 e. The Bertz CT molecular complexity index is 490. The van der Waals surface area contributed by atoms with Crippen LogP contribution in [0.25, 0.3) is 0 Å². The first-order chi connectivity index (χ1) is 8.78. The first-order valence-electron chi connectivity index (χ1n) is 6.45. The lowest BCUT2D eigenvalue weighted by molar-refractivity contribution is 0.0898. The molecule has 2 aliphatic rings. The summed E-state index contributed by atoms with van der Waals surface area (Å²) < 4.78 is 5.79. The summed E-state index contributed by atoms with van der Waals surface area (Å²) in [5.41, 5.74) is 7.74. The second-order valence-electron chi connectivity index (χ2n) is 5.13. The van der Waals surface area contributed by atoms with Gasteiger partial charge in [0.25, 0.3) is 0 Å². The molecule has 0 aromatic heterocycles. The van der Waals surface area contributed by atoms with E-state index in [1.807, 2.05) is 12.1 Å². The van der Waals surface area contributed by atoms with Crippen LogP contribution in [0, 0.1) is 17.2 Å². The third-order valence-electron chi connectivity index (χ3n) is 3.75. The molecule has 1 saturated carbocycles. The van der Waals surface area contributed by atoms with Gasteiger partial charge in [-0.15, -0.1) is 0 Å². The quantitative estimate of drug-likeness (QED) is 0.798. The topological polar surface area (TPSA) is 71.1 Å². The number of nitrogens with zero attached hydrogens (tertiary/aromatic N) is 1. The van der Waals surface area contributed by atoms with Crippen LogP contribution < -0.4 is 11.1 Å². The molecule has 2 unspecified atom stereocenters. The van der Waals surface area contributed by atoms with Crippen molar-refractivity contribution in [3.05, 3.63) is 23.8 Å². The highest BCUT2D eigenvalue weighted by molar-refractivity contribution is 5.62. The lowest BCUT2D eigenvalue weighted by Gasteiger charge is -2.20. The second-order valence-corrected chi connectivity index (χ2v) is 5.13. The molecule has 94 valence electrons. The fourth-order valence-corrected chi connectivity index (χ4v) is 2.61.